The molecular formula is C17H26N4O3. The molecule has 1 atom stereocenters. The number of anilines is 1. The average Bonchev–Trinajstić information content (AvgIpc) is 2.52. The highest BCUT2D eigenvalue weighted by molar-refractivity contribution is 5.98. The fourth-order valence-electron chi connectivity index (χ4n) is 2.70. The maximum atomic E-state index is 12.3. The van der Waals surface area contributed by atoms with Crippen molar-refractivity contribution in [2.24, 2.45) is 0 Å². The van der Waals surface area contributed by atoms with Crippen molar-refractivity contribution in [3.05, 3.63) is 23.9 Å². The number of rotatable bonds is 2. The Morgan fingerprint density at radius 2 is 2.04 bits per heavy atom. The van der Waals surface area contributed by atoms with Gasteiger partial charge in [0.25, 0.3) is 5.91 Å². The second-order valence-corrected chi connectivity index (χ2v) is 6.92. The molecule has 0 unspecified atom stereocenters. The molecule has 1 aromatic heterocycles. The Morgan fingerprint density at radius 1 is 1.33 bits per heavy atom. The molecule has 1 aromatic rings. The van der Waals surface area contributed by atoms with Crippen molar-refractivity contribution >= 4 is 17.8 Å². The summed E-state index contributed by atoms with van der Waals surface area (Å²) >= 11 is 0. The highest BCUT2D eigenvalue weighted by Gasteiger charge is 2.32. The molecule has 132 valence electrons. The van der Waals surface area contributed by atoms with Crippen LogP contribution in [0, 0.1) is 0 Å². The quantitative estimate of drug-likeness (QED) is 0.894. The van der Waals surface area contributed by atoms with Gasteiger partial charge in [-0.2, -0.15) is 0 Å². The summed E-state index contributed by atoms with van der Waals surface area (Å²) in [7, 11) is 1.60. The predicted molar refractivity (Wildman–Crippen MR) is 92.2 cm³/mol. The number of aromatic nitrogens is 1. The molecule has 7 heteroatoms. The van der Waals surface area contributed by atoms with Gasteiger partial charge in [-0.1, -0.05) is 0 Å². The number of hydrogen-bond acceptors (Lipinski definition) is 5. The van der Waals surface area contributed by atoms with Gasteiger partial charge in [0.15, 0.2) is 0 Å². The number of hydrogen-bond donors (Lipinski definition) is 1. The first kappa shape index (κ1) is 18.0. The minimum Gasteiger partial charge on any atom is -0.444 e. The molecule has 1 N–H and O–H groups in total. The second kappa shape index (κ2) is 7.07. The van der Waals surface area contributed by atoms with Crippen LogP contribution in [0.5, 0.6) is 0 Å². The van der Waals surface area contributed by atoms with Crippen LogP contribution in [0.4, 0.5) is 10.6 Å². The number of amides is 2. The third-order valence-electron chi connectivity index (χ3n) is 3.81. The lowest BCUT2D eigenvalue weighted by Crippen LogP contribution is -2.55. The number of nitrogens with zero attached hydrogens (tertiary/aromatic N) is 3. The van der Waals surface area contributed by atoms with Crippen molar-refractivity contribution in [3.63, 3.8) is 0 Å². The van der Waals surface area contributed by atoms with Crippen LogP contribution in [0.25, 0.3) is 0 Å². The maximum absolute atomic E-state index is 12.3. The Balaban J connectivity index is 2.11. The summed E-state index contributed by atoms with van der Waals surface area (Å²) in [4.78, 5) is 32.4. The van der Waals surface area contributed by atoms with Gasteiger partial charge in [0.1, 0.15) is 11.4 Å². The van der Waals surface area contributed by atoms with Gasteiger partial charge in [-0.3, -0.25) is 4.79 Å². The lowest BCUT2D eigenvalue weighted by atomic mass is 10.1. The van der Waals surface area contributed by atoms with E-state index in [0.29, 0.717) is 31.0 Å². The van der Waals surface area contributed by atoms with Crippen molar-refractivity contribution in [1.82, 2.24) is 15.2 Å². The van der Waals surface area contributed by atoms with Crippen LogP contribution in [0.15, 0.2) is 18.3 Å². The molecule has 1 aliphatic heterocycles. The smallest absolute Gasteiger partial charge is 0.410 e. The van der Waals surface area contributed by atoms with Gasteiger partial charge in [-0.05, 0) is 39.8 Å². The third kappa shape index (κ3) is 4.15. The number of piperazine rings is 1. The first-order valence-electron chi connectivity index (χ1n) is 8.14. The van der Waals surface area contributed by atoms with Gasteiger partial charge in [0, 0.05) is 38.9 Å². The molecule has 24 heavy (non-hydrogen) atoms. The zero-order valence-corrected chi connectivity index (χ0v) is 15.0. The third-order valence-corrected chi connectivity index (χ3v) is 3.81. The molecule has 0 saturated carbocycles. The van der Waals surface area contributed by atoms with Gasteiger partial charge >= 0.3 is 6.09 Å². The molecular weight excluding hydrogens is 308 g/mol. The van der Waals surface area contributed by atoms with E-state index in [0.717, 1.165) is 0 Å². The number of ether oxygens (including phenoxy) is 1. The molecule has 2 heterocycles. The largest absolute Gasteiger partial charge is 0.444 e. The zero-order valence-electron chi connectivity index (χ0n) is 15.0. The van der Waals surface area contributed by atoms with Crippen LogP contribution in [0.3, 0.4) is 0 Å². The van der Waals surface area contributed by atoms with E-state index in [9.17, 15) is 9.59 Å². The highest BCUT2D eigenvalue weighted by atomic mass is 16.6. The van der Waals surface area contributed by atoms with Gasteiger partial charge in [-0.25, -0.2) is 9.78 Å². The molecule has 1 saturated heterocycles. The van der Waals surface area contributed by atoms with E-state index in [4.69, 9.17) is 4.74 Å². The summed E-state index contributed by atoms with van der Waals surface area (Å²) in [5, 5.41) is 2.63. The summed E-state index contributed by atoms with van der Waals surface area (Å²) in [6, 6.07) is 3.47. The fraction of sp³-hybridized carbons (Fsp3) is 0.588. The first-order chi connectivity index (χ1) is 11.2. The Bertz CT molecular complexity index is 612. The molecule has 2 amide bonds. The molecule has 0 spiro atoms. The lowest BCUT2D eigenvalue weighted by molar-refractivity contribution is 0.0158. The molecule has 1 aliphatic rings. The van der Waals surface area contributed by atoms with Crippen LogP contribution in [-0.4, -0.2) is 60.2 Å². The number of carbonyl (C=O) groups is 2. The van der Waals surface area contributed by atoms with Crippen molar-refractivity contribution in [2.75, 3.05) is 31.6 Å². The van der Waals surface area contributed by atoms with Crippen LogP contribution < -0.4 is 10.2 Å². The minimum atomic E-state index is -0.513. The average molecular weight is 334 g/mol. The Hall–Kier alpha value is -2.31. The van der Waals surface area contributed by atoms with Crippen molar-refractivity contribution in [2.45, 2.75) is 39.3 Å². The van der Waals surface area contributed by atoms with Crippen LogP contribution >= 0.6 is 0 Å². The Kier molecular flexibility index (Phi) is 5.31. The van der Waals surface area contributed by atoms with Crippen LogP contribution in [-0.2, 0) is 4.74 Å². The number of carbonyl (C=O) groups excluding carboxylic acids is 2. The predicted octanol–water partition coefficient (Wildman–Crippen LogP) is 1.89. The molecule has 0 aromatic carbocycles. The van der Waals surface area contributed by atoms with E-state index >= 15 is 0 Å². The van der Waals surface area contributed by atoms with Crippen molar-refractivity contribution in [1.29, 1.82) is 0 Å². The summed E-state index contributed by atoms with van der Waals surface area (Å²) in [6.07, 6.45) is 1.37. The first-order valence-corrected chi connectivity index (χ1v) is 8.14. The summed E-state index contributed by atoms with van der Waals surface area (Å²) < 4.78 is 5.46. The second-order valence-electron chi connectivity index (χ2n) is 6.92. The van der Waals surface area contributed by atoms with Crippen LogP contribution in [0.1, 0.15) is 38.1 Å². The molecule has 7 nitrogen and oxygen atoms in total. The standard InChI is InChI=1S/C17H26N4O3/c1-12-11-20(9-10-21(12)16(23)24-17(2,3)4)14-13(15(22)18-5)7-6-8-19-14/h6-8,12H,9-11H2,1-5H3,(H,18,22)/t12-/m1/s1. The van der Waals surface area contributed by atoms with Crippen molar-refractivity contribution < 1.29 is 14.3 Å². The van der Waals surface area contributed by atoms with E-state index in [1.54, 1.807) is 30.3 Å². The van der Waals surface area contributed by atoms with E-state index < -0.39 is 5.60 Å². The molecule has 0 aliphatic carbocycles. The van der Waals surface area contributed by atoms with Gasteiger partial charge < -0.3 is 19.9 Å². The summed E-state index contributed by atoms with van der Waals surface area (Å²) in [6.45, 7) is 9.27. The minimum absolute atomic E-state index is 0.0341. The zero-order chi connectivity index (χ0) is 17.9. The Morgan fingerprint density at radius 3 is 2.62 bits per heavy atom. The van der Waals surface area contributed by atoms with Crippen molar-refractivity contribution in [3.8, 4) is 0 Å². The fourth-order valence-corrected chi connectivity index (χ4v) is 2.70. The molecule has 0 radical (unpaired) electrons. The molecule has 0 bridgehead atoms. The Labute approximate surface area is 143 Å². The maximum Gasteiger partial charge on any atom is 0.410 e. The van der Waals surface area contributed by atoms with E-state index in [2.05, 4.69) is 10.3 Å². The topological polar surface area (TPSA) is 74.8 Å². The number of pyridine rings is 1. The van der Waals surface area contributed by atoms with E-state index in [1.807, 2.05) is 32.6 Å². The normalized spacial score (nSPS) is 18.3. The number of nitrogens with one attached hydrogen (secondary N) is 1. The van der Waals surface area contributed by atoms with Crippen LogP contribution in [0.2, 0.25) is 0 Å². The van der Waals surface area contributed by atoms with Gasteiger partial charge in [0.05, 0.1) is 5.56 Å². The molecule has 2 rings (SSSR count). The van der Waals surface area contributed by atoms with E-state index in [1.165, 1.54) is 0 Å². The molecule has 1 fully saturated rings. The lowest BCUT2D eigenvalue weighted by Gasteiger charge is -2.41. The summed E-state index contributed by atoms with van der Waals surface area (Å²) in [5.74, 6) is 0.480. The highest BCUT2D eigenvalue weighted by Crippen LogP contribution is 2.22. The SMILES string of the molecule is CNC(=O)c1cccnc1N1CCN(C(=O)OC(C)(C)C)[C@H](C)C1. The summed E-state index contributed by atoms with van der Waals surface area (Å²) in [5.41, 5.74) is 0.0271. The van der Waals surface area contributed by atoms with Gasteiger partial charge in [-0.15, -0.1) is 0 Å². The monoisotopic (exact) mass is 334 g/mol. The van der Waals surface area contributed by atoms with Gasteiger partial charge in [0.2, 0.25) is 0 Å². The van der Waals surface area contributed by atoms with E-state index in [-0.39, 0.29) is 18.0 Å².